The molecule has 0 spiro atoms. The van der Waals surface area contributed by atoms with E-state index in [0.29, 0.717) is 0 Å². The fourth-order valence-corrected chi connectivity index (χ4v) is 2.94. The SMILES string of the molecule is COC1C(OS(=O)(=O)O)[C@@H](OC)O[C@@H](COS(=O)(=O)O)[C@H]1OC. The molecule has 0 aliphatic carbocycles. The van der Waals surface area contributed by atoms with Crippen LogP contribution in [-0.2, 0) is 48.1 Å². The number of methoxy groups -OCH3 is 3. The van der Waals surface area contributed by atoms with E-state index in [1.54, 1.807) is 0 Å². The van der Waals surface area contributed by atoms with Crippen LogP contribution in [0.4, 0.5) is 0 Å². The highest BCUT2D eigenvalue weighted by Gasteiger charge is 2.49. The second-order valence-corrected chi connectivity index (χ2v) is 6.52. The van der Waals surface area contributed by atoms with Gasteiger partial charge in [-0.25, -0.2) is 8.37 Å². The first-order valence-electron chi connectivity index (χ1n) is 6.03. The highest BCUT2D eigenvalue weighted by atomic mass is 32.3. The maximum absolute atomic E-state index is 10.9. The van der Waals surface area contributed by atoms with Crippen LogP contribution in [0, 0.1) is 0 Å². The van der Waals surface area contributed by atoms with E-state index in [2.05, 4.69) is 8.37 Å². The quantitative estimate of drug-likeness (QED) is 0.462. The zero-order chi connectivity index (χ0) is 17.8. The molecule has 2 N–H and O–H groups in total. The standard InChI is InChI=1S/C9H18O12S2/c1-16-6-5(4-19-22(10,11)12)20-9(18-3)8(7(6)17-2)21-23(13,14)15/h5-9H,4H2,1-3H3,(H,10,11,12)(H,13,14,15)/t5-,6+,7?,8?,9-/m0/s1. The Bertz CT molecular complexity index is 571. The number of rotatable bonds is 8. The molecule has 1 aliphatic heterocycles. The molecular weight excluding hydrogens is 364 g/mol. The van der Waals surface area contributed by atoms with Gasteiger partial charge in [-0.05, 0) is 0 Å². The predicted molar refractivity (Wildman–Crippen MR) is 71.2 cm³/mol. The maximum Gasteiger partial charge on any atom is 0.397 e. The zero-order valence-corrected chi connectivity index (χ0v) is 14.0. The molecule has 138 valence electrons. The van der Waals surface area contributed by atoms with E-state index >= 15 is 0 Å². The third-order valence-corrected chi connectivity index (χ3v) is 3.88. The zero-order valence-electron chi connectivity index (χ0n) is 12.4. The summed E-state index contributed by atoms with van der Waals surface area (Å²) in [4.78, 5) is 0. The topological polar surface area (TPSA) is 164 Å². The first-order chi connectivity index (χ1) is 10.5. The van der Waals surface area contributed by atoms with Gasteiger partial charge in [-0.2, -0.15) is 16.8 Å². The fourth-order valence-electron chi connectivity index (χ4n) is 2.15. The molecule has 0 amide bonds. The molecule has 1 aliphatic rings. The molecule has 0 aromatic heterocycles. The molecule has 12 nitrogen and oxygen atoms in total. The lowest BCUT2D eigenvalue weighted by Crippen LogP contribution is -2.61. The normalized spacial score (nSPS) is 32.8. The Morgan fingerprint density at radius 3 is 1.83 bits per heavy atom. The second-order valence-electron chi connectivity index (χ2n) is 4.38. The summed E-state index contributed by atoms with van der Waals surface area (Å²) in [5, 5.41) is 0. The van der Waals surface area contributed by atoms with Gasteiger partial charge in [0, 0.05) is 21.3 Å². The van der Waals surface area contributed by atoms with Gasteiger partial charge in [0.2, 0.25) is 0 Å². The van der Waals surface area contributed by atoms with Crippen LogP contribution in [0.5, 0.6) is 0 Å². The van der Waals surface area contributed by atoms with Gasteiger partial charge in [0.15, 0.2) is 12.4 Å². The average Bonchev–Trinajstić information content (AvgIpc) is 2.42. The Kier molecular flexibility index (Phi) is 7.27. The van der Waals surface area contributed by atoms with Gasteiger partial charge in [0.05, 0.1) is 6.61 Å². The Labute approximate surface area is 133 Å². The van der Waals surface area contributed by atoms with Gasteiger partial charge in [-0.15, -0.1) is 0 Å². The Morgan fingerprint density at radius 2 is 1.43 bits per heavy atom. The summed E-state index contributed by atoms with van der Waals surface area (Å²) in [6, 6.07) is 0. The van der Waals surface area contributed by atoms with Crippen molar-refractivity contribution in [3.8, 4) is 0 Å². The van der Waals surface area contributed by atoms with E-state index in [1.165, 1.54) is 14.2 Å². The van der Waals surface area contributed by atoms with Crippen molar-refractivity contribution in [3.05, 3.63) is 0 Å². The minimum atomic E-state index is -4.86. The van der Waals surface area contributed by atoms with Gasteiger partial charge >= 0.3 is 20.8 Å². The van der Waals surface area contributed by atoms with Gasteiger partial charge in [-0.1, -0.05) is 0 Å². The van der Waals surface area contributed by atoms with Crippen molar-refractivity contribution >= 4 is 20.8 Å². The summed E-state index contributed by atoms with van der Waals surface area (Å²) in [7, 11) is -6.00. The van der Waals surface area contributed by atoms with Gasteiger partial charge < -0.3 is 18.9 Å². The molecular formula is C9H18O12S2. The third-order valence-electron chi connectivity index (χ3n) is 2.98. The molecule has 0 aromatic rings. The van der Waals surface area contributed by atoms with Crippen LogP contribution in [0.1, 0.15) is 0 Å². The summed E-state index contributed by atoms with van der Waals surface area (Å²) in [5.41, 5.74) is 0. The largest absolute Gasteiger partial charge is 0.397 e. The number of hydrogen-bond donors (Lipinski definition) is 2. The van der Waals surface area contributed by atoms with Crippen LogP contribution in [0.15, 0.2) is 0 Å². The Balaban J connectivity index is 3.03. The van der Waals surface area contributed by atoms with E-state index in [-0.39, 0.29) is 0 Å². The van der Waals surface area contributed by atoms with Crippen LogP contribution in [0.3, 0.4) is 0 Å². The molecule has 23 heavy (non-hydrogen) atoms. The smallest absolute Gasteiger partial charge is 0.376 e. The summed E-state index contributed by atoms with van der Waals surface area (Å²) in [5.74, 6) is 0. The molecule has 1 saturated heterocycles. The Morgan fingerprint density at radius 1 is 0.870 bits per heavy atom. The summed E-state index contributed by atoms with van der Waals surface area (Å²) in [6.07, 6.45) is -6.09. The minimum Gasteiger partial charge on any atom is -0.376 e. The molecule has 1 fully saturated rings. The first kappa shape index (κ1) is 20.6. The van der Waals surface area contributed by atoms with Crippen LogP contribution in [-0.4, -0.2) is 84.6 Å². The van der Waals surface area contributed by atoms with Gasteiger partial charge in [-0.3, -0.25) is 9.11 Å². The lowest BCUT2D eigenvalue weighted by molar-refractivity contribution is -0.295. The van der Waals surface area contributed by atoms with Gasteiger partial charge in [0.25, 0.3) is 0 Å². The molecule has 0 aromatic carbocycles. The van der Waals surface area contributed by atoms with Crippen molar-refractivity contribution in [2.24, 2.45) is 0 Å². The van der Waals surface area contributed by atoms with Gasteiger partial charge in [0.1, 0.15) is 18.3 Å². The molecule has 0 bridgehead atoms. The highest BCUT2D eigenvalue weighted by molar-refractivity contribution is 7.81. The van der Waals surface area contributed by atoms with Crippen LogP contribution in [0.2, 0.25) is 0 Å². The van der Waals surface area contributed by atoms with Crippen LogP contribution < -0.4 is 0 Å². The summed E-state index contributed by atoms with van der Waals surface area (Å²) in [6.45, 7) is -0.657. The van der Waals surface area contributed by atoms with Crippen molar-refractivity contribution in [1.82, 2.24) is 0 Å². The number of hydrogen-bond acceptors (Lipinski definition) is 10. The molecule has 1 heterocycles. The lowest BCUT2D eigenvalue weighted by atomic mass is 9.99. The van der Waals surface area contributed by atoms with Crippen molar-refractivity contribution in [2.75, 3.05) is 27.9 Å². The van der Waals surface area contributed by atoms with Crippen molar-refractivity contribution < 1.29 is 53.3 Å². The second kappa shape index (κ2) is 8.11. The number of ether oxygens (including phenoxy) is 4. The van der Waals surface area contributed by atoms with E-state index in [1.807, 2.05) is 0 Å². The minimum absolute atomic E-state index is 0.657. The first-order valence-corrected chi connectivity index (χ1v) is 8.76. The predicted octanol–water partition coefficient (Wildman–Crippen LogP) is -1.60. The Hall–Kier alpha value is -0.420. The molecule has 14 heteroatoms. The van der Waals surface area contributed by atoms with Crippen LogP contribution in [0.25, 0.3) is 0 Å². The van der Waals surface area contributed by atoms with Crippen molar-refractivity contribution in [1.29, 1.82) is 0 Å². The van der Waals surface area contributed by atoms with Crippen molar-refractivity contribution in [2.45, 2.75) is 30.7 Å². The molecule has 5 atom stereocenters. The molecule has 0 saturated carbocycles. The third kappa shape index (κ3) is 6.18. The molecule has 0 radical (unpaired) electrons. The van der Waals surface area contributed by atoms with E-state index in [4.69, 9.17) is 28.1 Å². The van der Waals surface area contributed by atoms with E-state index in [0.717, 1.165) is 7.11 Å². The lowest BCUT2D eigenvalue weighted by Gasteiger charge is -2.43. The monoisotopic (exact) mass is 382 g/mol. The summed E-state index contributed by atoms with van der Waals surface area (Å²) >= 11 is 0. The van der Waals surface area contributed by atoms with Crippen LogP contribution >= 0.6 is 0 Å². The maximum atomic E-state index is 10.9. The van der Waals surface area contributed by atoms with Crippen molar-refractivity contribution in [3.63, 3.8) is 0 Å². The highest BCUT2D eigenvalue weighted by Crippen LogP contribution is 2.29. The molecule has 2 unspecified atom stereocenters. The average molecular weight is 382 g/mol. The molecule has 1 rings (SSSR count). The fraction of sp³-hybridized carbons (Fsp3) is 1.00. The van der Waals surface area contributed by atoms with E-state index < -0.39 is 58.1 Å². The van der Waals surface area contributed by atoms with E-state index in [9.17, 15) is 16.8 Å². The summed E-state index contributed by atoms with van der Waals surface area (Å²) < 4.78 is 89.8.